The van der Waals surface area contributed by atoms with Gasteiger partial charge in [-0.15, -0.1) is 0 Å². The summed E-state index contributed by atoms with van der Waals surface area (Å²) in [6.45, 7) is 3.25. The van der Waals surface area contributed by atoms with Crippen molar-refractivity contribution in [2.75, 3.05) is 0 Å². The number of nitro benzene ring substituents is 1. The number of hydrogen-bond acceptors (Lipinski definition) is 4. The molecule has 0 heterocycles. The molecule has 16 heavy (non-hydrogen) atoms. The van der Waals surface area contributed by atoms with Crippen LogP contribution in [0.1, 0.15) is 22.8 Å². The van der Waals surface area contributed by atoms with Crippen LogP contribution in [0, 0.1) is 17.0 Å². The van der Waals surface area contributed by atoms with E-state index < -0.39 is 10.8 Å². The Morgan fingerprint density at radius 2 is 2.25 bits per heavy atom. The van der Waals surface area contributed by atoms with Crippen LogP contribution in [0.25, 0.3) is 0 Å². The van der Waals surface area contributed by atoms with Crippen LogP contribution in [-0.4, -0.2) is 17.0 Å². The Morgan fingerprint density at radius 1 is 1.56 bits per heavy atom. The predicted molar refractivity (Wildman–Crippen MR) is 59.5 cm³/mol. The molecular weight excluding hydrogens is 210 g/mol. The van der Waals surface area contributed by atoms with E-state index in [1.807, 2.05) is 0 Å². The average molecular weight is 221 g/mol. The van der Waals surface area contributed by atoms with Gasteiger partial charge in [-0.3, -0.25) is 14.9 Å². The molecule has 0 fully saturated rings. The minimum Gasteiger partial charge on any atom is -0.267 e. The lowest BCUT2D eigenvalue weighted by Gasteiger charge is -2.01. The second kappa shape index (κ2) is 5.01. The van der Waals surface area contributed by atoms with E-state index in [1.165, 1.54) is 24.4 Å². The van der Waals surface area contributed by atoms with E-state index in [0.717, 1.165) is 0 Å². The van der Waals surface area contributed by atoms with Gasteiger partial charge in [-0.25, -0.2) is 5.43 Å². The van der Waals surface area contributed by atoms with Crippen molar-refractivity contribution < 1.29 is 9.72 Å². The third-order valence-electron chi connectivity index (χ3n) is 1.95. The number of nitrogens with zero attached hydrogens (tertiary/aromatic N) is 2. The van der Waals surface area contributed by atoms with E-state index >= 15 is 0 Å². The van der Waals surface area contributed by atoms with E-state index in [1.54, 1.807) is 13.8 Å². The minimum absolute atomic E-state index is 0.00413. The maximum Gasteiger partial charge on any atom is 0.272 e. The van der Waals surface area contributed by atoms with Crippen molar-refractivity contribution in [3.63, 3.8) is 0 Å². The number of nitro groups is 1. The highest BCUT2D eigenvalue weighted by Crippen LogP contribution is 2.18. The molecule has 1 amide bonds. The first-order chi connectivity index (χ1) is 7.56. The number of carbonyl (C=O) groups is 1. The molecule has 0 saturated heterocycles. The SMILES string of the molecule is CC=NNC(=O)c1ccc([N+](=O)[O-])c(C)c1. The fraction of sp³-hybridized carbons (Fsp3) is 0.200. The first-order valence-corrected chi connectivity index (χ1v) is 4.59. The second-order valence-corrected chi connectivity index (χ2v) is 3.09. The summed E-state index contributed by atoms with van der Waals surface area (Å²) in [7, 11) is 0. The van der Waals surface area contributed by atoms with Crippen molar-refractivity contribution in [1.29, 1.82) is 0 Å². The van der Waals surface area contributed by atoms with Gasteiger partial charge in [-0.2, -0.15) is 5.10 Å². The maximum absolute atomic E-state index is 11.4. The van der Waals surface area contributed by atoms with Crippen molar-refractivity contribution in [1.82, 2.24) is 5.43 Å². The second-order valence-electron chi connectivity index (χ2n) is 3.09. The molecule has 1 N–H and O–H groups in total. The Labute approximate surface area is 92.1 Å². The zero-order valence-corrected chi connectivity index (χ0v) is 8.93. The Balaban J connectivity index is 2.97. The highest BCUT2D eigenvalue weighted by molar-refractivity contribution is 5.94. The summed E-state index contributed by atoms with van der Waals surface area (Å²) in [5.74, 6) is -0.393. The number of rotatable bonds is 3. The Bertz CT molecular complexity index is 455. The number of benzene rings is 1. The Hall–Kier alpha value is -2.24. The molecule has 0 atom stereocenters. The van der Waals surface area contributed by atoms with Crippen molar-refractivity contribution in [2.45, 2.75) is 13.8 Å². The molecule has 0 spiro atoms. The molecule has 1 aromatic carbocycles. The summed E-state index contributed by atoms with van der Waals surface area (Å²) >= 11 is 0. The molecule has 6 nitrogen and oxygen atoms in total. The lowest BCUT2D eigenvalue weighted by Crippen LogP contribution is -2.17. The van der Waals surface area contributed by atoms with Crippen molar-refractivity contribution in [2.24, 2.45) is 5.10 Å². The fourth-order valence-electron chi connectivity index (χ4n) is 1.19. The number of hydrogen-bond donors (Lipinski definition) is 1. The zero-order chi connectivity index (χ0) is 12.1. The van der Waals surface area contributed by atoms with E-state index in [-0.39, 0.29) is 5.69 Å². The van der Waals surface area contributed by atoms with Gasteiger partial charge in [-0.1, -0.05) is 0 Å². The summed E-state index contributed by atoms with van der Waals surface area (Å²) in [5, 5.41) is 14.1. The summed E-state index contributed by atoms with van der Waals surface area (Å²) in [6, 6.07) is 4.16. The zero-order valence-electron chi connectivity index (χ0n) is 8.93. The largest absolute Gasteiger partial charge is 0.272 e. The molecule has 0 aliphatic rings. The number of amides is 1. The lowest BCUT2D eigenvalue weighted by molar-refractivity contribution is -0.385. The van der Waals surface area contributed by atoms with Crippen molar-refractivity contribution >= 4 is 17.8 Å². The molecular formula is C10H11N3O3. The summed E-state index contributed by atoms with van der Waals surface area (Å²) < 4.78 is 0. The molecule has 0 aliphatic heterocycles. The number of hydrazone groups is 1. The van der Waals surface area contributed by atoms with Crippen LogP contribution in [0.3, 0.4) is 0 Å². The molecule has 0 saturated carbocycles. The van der Waals surface area contributed by atoms with Gasteiger partial charge in [0.15, 0.2) is 0 Å². The first kappa shape index (κ1) is 11.8. The van der Waals surface area contributed by atoms with Crippen LogP contribution in [0.4, 0.5) is 5.69 Å². The summed E-state index contributed by atoms with van der Waals surface area (Å²) in [4.78, 5) is 21.5. The molecule has 0 aliphatic carbocycles. The first-order valence-electron chi connectivity index (χ1n) is 4.59. The smallest absolute Gasteiger partial charge is 0.267 e. The normalized spacial score (nSPS) is 10.4. The predicted octanol–water partition coefficient (Wildman–Crippen LogP) is 1.64. The molecule has 0 bridgehead atoms. The summed E-state index contributed by atoms with van der Waals surface area (Å²) in [5.41, 5.74) is 3.07. The van der Waals surface area contributed by atoms with E-state index in [9.17, 15) is 14.9 Å². The van der Waals surface area contributed by atoms with Gasteiger partial charge in [0.05, 0.1) is 4.92 Å². The van der Waals surface area contributed by atoms with Crippen molar-refractivity contribution in [3.8, 4) is 0 Å². The molecule has 0 aromatic heterocycles. The molecule has 0 radical (unpaired) electrons. The van der Waals surface area contributed by atoms with Crippen LogP contribution in [-0.2, 0) is 0 Å². The highest BCUT2D eigenvalue weighted by Gasteiger charge is 2.13. The standard InChI is InChI=1S/C10H11N3O3/c1-3-11-12-10(14)8-4-5-9(13(15)16)7(2)6-8/h3-6H,1-2H3,(H,12,14). The van der Waals surface area contributed by atoms with Gasteiger partial charge in [0, 0.05) is 23.4 Å². The van der Waals surface area contributed by atoms with E-state index in [4.69, 9.17) is 0 Å². The van der Waals surface area contributed by atoms with Crippen molar-refractivity contribution in [3.05, 3.63) is 39.4 Å². The minimum atomic E-state index is -0.485. The highest BCUT2D eigenvalue weighted by atomic mass is 16.6. The average Bonchev–Trinajstić information content (AvgIpc) is 2.25. The number of carbonyl (C=O) groups excluding carboxylic acids is 1. The van der Waals surface area contributed by atoms with Gasteiger partial charge in [0.1, 0.15) is 0 Å². The van der Waals surface area contributed by atoms with Crippen LogP contribution < -0.4 is 5.43 Å². The molecule has 1 aromatic rings. The quantitative estimate of drug-likeness (QED) is 0.478. The molecule has 6 heteroatoms. The number of nitrogens with one attached hydrogen (secondary N) is 1. The summed E-state index contributed by atoms with van der Waals surface area (Å²) in [6.07, 6.45) is 1.44. The van der Waals surface area contributed by atoms with Crippen LogP contribution >= 0.6 is 0 Å². The fourth-order valence-corrected chi connectivity index (χ4v) is 1.19. The third kappa shape index (κ3) is 2.63. The third-order valence-corrected chi connectivity index (χ3v) is 1.95. The van der Waals surface area contributed by atoms with Crippen LogP contribution in [0.15, 0.2) is 23.3 Å². The van der Waals surface area contributed by atoms with E-state index in [0.29, 0.717) is 11.1 Å². The van der Waals surface area contributed by atoms with Gasteiger partial charge in [-0.05, 0) is 26.0 Å². The molecule has 0 unspecified atom stereocenters. The van der Waals surface area contributed by atoms with Gasteiger partial charge >= 0.3 is 0 Å². The maximum atomic E-state index is 11.4. The van der Waals surface area contributed by atoms with Gasteiger partial charge in [0.2, 0.25) is 0 Å². The van der Waals surface area contributed by atoms with Gasteiger partial charge < -0.3 is 0 Å². The molecule has 84 valence electrons. The topological polar surface area (TPSA) is 84.6 Å². The van der Waals surface area contributed by atoms with Crippen LogP contribution in [0.2, 0.25) is 0 Å². The van der Waals surface area contributed by atoms with Gasteiger partial charge in [0.25, 0.3) is 11.6 Å². The van der Waals surface area contributed by atoms with E-state index in [2.05, 4.69) is 10.5 Å². The number of aryl methyl sites for hydroxylation is 1. The monoisotopic (exact) mass is 221 g/mol. The lowest BCUT2D eigenvalue weighted by atomic mass is 10.1. The molecule has 1 rings (SSSR count). The Kier molecular flexibility index (Phi) is 3.71. The Morgan fingerprint density at radius 3 is 2.75 bits per heavy atom. The van der Waals surface area contributed by atoms with Crippen LogP contribution in [0.5, 0.6) is 0 Å².